The molecule has 0 aliphatic heterocycles. The van der Waals surface area contributed by atoms with Gasteiger partial charge in [-0.15, -0.1) is 11.3 Å². The standard InChI is InChI=1S/C10H15BrO3S2/c1-2-16(13,14)7-3-4-8(12)9-5-6-10(11)15-9/h5-6,8,12H,2-4,7H2,1H3. The molecule has 0 saturated carbocycles. The van der Waals surface area contributed by atoms with E-state index in [-0.39, 0.29) is 11.5 Å². The van der Waals surface area contributed by atoms with Crippen molar-refractivity contribution in [3.05, 3.63) is 20.8 Å². The lowest BCUT2D eigenvalue weighted by Gasteiger charge is -2.07. The van der Waals surface area contributed by atoms with Crippen molar-refractivity contribution >= 4 is 37.1 Å². The number of rotatable bonds is 6. The first-order valence-electron chi connectivity index (χ1n) is 5.08. The maximum atomic E-state index is 11.2. The van der Waals surface area contributed by atoms with Gasteiger partial charge in [0.05, 0.1) is 15.6 Å². The van der Waals surface area contributed by atoms with E-state index in [2.05, 4.69) is 15.9 Å². The maximum Gasteiger partial charge on any atom is 0.150 e. The quantitative estimate of drug-likeness (QED) is 0.874. The number of aliphatic hydroxyl groups excluding tert-OH is 1. The van der Waals surface area contributed by atoms with Gasteiger partial charge in [-0.2, -0.15) is 0 Å². The largest absolute Gasteiger partial charge is 0.388 e. The van der Waals surface area contributed by atoms with Crippen molar-refractivity contribution < 1.29 is 13.5 Å². The van der Waals surface area contributed by atoms with E-state index >= 15 is 0 Å². The second-order valence-electron chi connectivity index (χ2n) is 3.54. The van der Waals surface area contributed by atoms with E-state index in [4.69, 9.17) is 0 Å². The summed E-state index contributed by atoms with van der Waals surface area (Å²) in [5, 5.41) is 9.80. The monoisotopic (exact) mass is 326 g/mol. The molecule has 0 spiro atoms. The molecule has 0 amide bonds. The molecule has 1 unspecified atom stereocenters. The Morgan fingerprint density at radius 3 is 2.69 bits per heavy atom. The molecule has 1 atom stereocenters. The van der Waals surface area contributed by atoms with Crippen molar-refractivity contribution in [3.63, 3.8) is 0 Å². The van der Waals surface area contributed by atoms with Crippen LogP contribution in [0.25, 0.3) is 0 Å². The van der Waals surface area contributed by atoms with Gasteiger partial charge in [0.2, 0.25) is 0 Å². The molecular weight excluding hydrogens is 312 g/mol. The predicted molar refractivity (Wildman–Crippen MR) is 70.5 cm³/mol. The van der Waals surface area contributed by atoms with Gasteiger partial charge >= 0.3 is 0 Å². The van der Waals surface area contributed by atoms with Crippen molar-refractivity contribution in [2.24, 2.45) is 0 Å². The summed E-state index contributed by atoms with van der Waals surface area (Å²) < 4.78 is 23.4. The number of hydrogen-bond acceptors (Lipinski definition) is 4. The molecule has 1 heterocycles. The van der Waals surface area contributed by atoms with E-state index in [9.17, 15) is 13.5 Å². The topological polar surface area (TPSA) is 54.4 Å². The van der Waals surface area contributed by atoms with E-state index in [0.29, 0.717) is 12.8 Å². The second kappa shape index (κ2) is 6.14. The van der Waals surface area contributed by atoms with E-state index in [1.807, 2.05) is 12.1 Å². The fraction of sp³-hybridized carbons (Fsp3) is 0.600. The van der Waals surface area contributed by atoms with Crippen LogP contribution in [0.1, 0.15) is 30.7 Å². The third-order valence-corrected chi connectivity index (χ3v) is 5.81. The zero-order chi connectivity index (χ0) is 12.2. The first-order chi connectivity index (χ1) is 7.44. The predicted octanol–water partition coefficient (Wildman–Crippen LogP) is 2.76. The van der Waals surface area contributed by atoms with Gasteiger partial charge in [0.25, 0.3) is 0 Å². The Balaban J connectivity index is 2.39. The maximum absolute atomic E-state index is 11.2. The number of thiophene rings is 1. The highest BCUT2D eigenvalue weighted by Crippen LogP contribution is 2.29. The molecule has 1 rings (SSSR count). The number of halogens is 1. The van der Waals surface area contributed by atoms with Gasteiger partial charge < -0.3 is 5.11 Å². The van der Waals surface area contributed by atoms with E-state index in [0.717, 1.165) is 8.66 Å². The molecule has 0 radical (unpaired) electrons. The average Bonchev–Trinajstić information content (AvgIpc) is 2.64. The number of sulfone groups is 1. The van der Waals surface area contributed by atoms with Crippen LogP contribution < -0.4 is 0 Å². The summed E-state index contributed by atoms with van der Waals surface area (Å²) >= 11 is 4.80. The minimum absolute atomic E-state index is 0.160. The Hall–Kier alpha value is 0.0900. The summed E-state index contributed by atoms with van der Waals surface area (Å²) in [6.07, 6.45) is 0.447. The highest BCUT2D eigenvalue weighted by atomic mass is 79.9. The molecule has 6 heteroatoms. The van der Waals surface area contributed by atoms with Crippen molar-refractivity contribution in [2.75, 3.05) is 11.5 Å². The first-order valence-corrected chi connectivity index (χ1v) is 8.51. The van der Waals surface area contributed by atoms with Gasteiger partial charge in [0.1, 0.15) is 9.84 Å². The highest BCUT2D eigenvalue weighted by molar-refractivity contribution is 9.11. The highest BCUT2D eigenvalue weighted by Gasteiger charge is 2.12. The van der Waals surface area contributed by atoms with E-state index in [1.54, 1.807) is 6.92 Å². The molecule has 0 saturated heterocycles. The molecular formula is C10H15BrO3S2. The normalized spacial score (nSPS) is 13.9. The minimum Gasteiger partial charge on any atom is -0.388 e. The SMILES string of the molecule is CCS(=O)(=O)CCCC(O)c1ccc(Br)s1. The van der Waals surface area contributed by atoms with Gasteiger partial charge in [-0.05, 0) is 40.9 Å². The summed E-state index contributed by atoms with van der Waals surface area (Å²) in [6, 6.07) is 3.74. The Bertz CT molecular complexity index is 425. The molecule has 3 nitrogen and oxygen atoms in total. The fourth-order valence-electron chi connectivity index (χ4n) is 1.29. The van der Waals surface area contributed by atoms with Crippen LogP contribution in [0.3, 0.4) is 0 Å². The van der Waals surface area contributed by atoms with Crippen LogP contribution in [0.2, 0.25) is 0 Å². The van der Waals surface area contributed by atoms with Crippen LogP contribution in [0.5, 0.6) is 0 Å². The average molecular weight is 327 g/mol. The third kappa shape index (κ3) is 4.53. The second-order valence-corrected chi connectivity index (χ2v) is 8.50. The van der Waals surface area contributed by atoms with Crippen molar-refractivity contribution in [1.82, 2.24) is 0 Å². The molecule has 1 aromatic rings. The van der Waals surface area contributed by atoms with Crippen molar-refractivity contribution in [2.45, 2.75) is 25.9 Å². The molecule has 0 aliphatic carbocycles. The van der Waals surface area contributed by atoms with E-state index < -0.39 is 15.9 Å². The smallest absolute Gasteiger partial charge is 0.150 e. The van der Waals surface area contributed by atoms with Crippen molar-refractivity contribution in [1.29, 1.82) is 0 Å². The lowest BCUT2D eigenvalue weighted by Crippen LogP contribution is -2.09. The Labute approximate surface area is 109 Å². The fourth-order valence-corrected chi connectivity index (χ4v) is 3.63. The summed E-state index contributed by atoms with van der Waals surface area (Å²) in [7, 11) is -2.91. The van der Waals surface area contributed by atoms with Crippen LogP contribution in [-0.2, 0) is 9.84 Å². The van der Waals surface area contributed by atoms with Gasteiger partial charge in [-0.1, -0.05) is 6.92 Å². The molecule has 0 fully saturated rings. The van der Waals surface area contributed by atoms with Crippen LogP contribution in [0.4, 0.5) is 0 Å². The number of hydrogen-bond donors (Lipinski definition) is 1. The third-order valence-electron chi connectivity index (χ3n) is 2.30. The van der Waals surface area contributed by atoms with Gasteiger partial charge in [0, 0.05) is 10.6 Å². The summed E-state index contributed by atoms with van der Waals surface area (Å²) in [6.45, 7) is 1.64. The summed E-state index contributed by atoms with van der Waals surface area (Å²) in [5.41, 5.74) is 0. The van der Waals surface area contributed by atoms with Crippen LogP contribution in [-0.4, -0.2) is 25.0 Å². The zero-order valence-electron chi connectivity index (χ0n) is 9.02. The Morgan fingerprint density at radius 2 is 2.19 bits per heavy atom. The molecule has 0 bridgehead atoms. The molecule has 16 heavy (non-hydrogen) atoms. The van der Waals surface area contributed by atoms with Gasteiger partial charge in [-0.3, -0.25) is 0 Å². The van der Waals surface area contributed by atoms with Crippen molar-refractivity contribution in [3.8, 4) is 0 Å². The van der Waals surface area contributed by atoms with Crippen LogP contribution in [0, 0.1) is 0 Å². The lowest BCUT2D eigenvalue weighted by atomic mass is 10.2. The molecule has 92 valence electrons. The van der Waals surface area contributed by atoms with Crippen LogP contribution >= 0.6 is 27.3 Å². The first kappa shape index (κ1) is 14.2. The van der Waals surface area contributed by atoms with Gasteiger partial charge in [-0.25, -0.2) is 8.42 Å². The zero-order valence-corrected chi connectivity index (χ0v) is 12.2. The van der Waals surface area contributed by atoms with Crippen LogP contribution in [0.15, 0.2) is 15.9 Å². The Morgan fingerprint density at radius 1 is 1.50 bits per heavy atom. The minimum atomic E-state index is -2.91. The van der Waals surface area contributed by atoms with E-state index in [1.165, 1.54) is 11.3 Å². The Kier molecular flexibility index (Phi) is 5.43. The molecule has 1 aromatic heterocycles. The molecule has 1 N–H and O–H groups in total. The molecule has 0 aliphatic rings. The summed E-state index contributed by atoms with van der Waals surface area (Å²) in [5.74, 6) is 0.334. The number of aliphatic hydroxyl groups is 1. The molecule has 0 aromatic carbocycles. The lowest BCUT2D eigenvalue weighted by molar-refractivity contribution is 0.170. The summed E-state index contributed by atoms with van der Waals surface area (Å²) in [4.78, 5) is 0.876. The van der Waals surface area contributed by atoms with Gasteiger partial charge in [0.15, 0.2) is 0 Å².